The lowest BCUT2D eigenvalue weighted by atomic mass is 10.1. The maximum absolute atomic E-state index is 12.2. The van der Waals surface area contributed by atoms with Crippen molar-refractivity contribution in [2.24, 2.45) is 0 Å². The molecule has 0 aliphatic carbocycles. The van der Waals surface area contributed by atoms with Crippen LogP contribution in [0.3, 0.4) is 0 Å². The maximum atomic E-state index is 12.2. The van der Waals surface area contributed by atoms with Gasteiger partial charge in [0.05, 0.1) is 10.5 Å². The van der Waals surface area contributed by atoms with Crippen LogP contribution in [0.2, 0.25) is 5.02 Å². The normalized spacial score (nSPS) is 11.2. The van der Waals surface area contributed by atoms with E-state index in [0.717, 1.165) is 11.0 Å². The molecule has 1 N–H and O–H groups in total. The van der Waals surface area contributed by atoms with E-state index in [0.29, 0.717) is 0 Å². The molecule has 1 aromatic rings. The molecule has 1 amide bonds. The maximum Gasteiger partial charge on any atom is 0.336 e. The van der Waals surface area contributed by atoms with Gasteiger partial charge in [0.2, 0.25) is 5.91 Å². The molecule has 0 unspecified atom stereocenters. The number of sulfone groups is 1. The molecule has 20 heavy (non-hydrogen) atoms. The van der Waals surface area contributed by atoms with Gasteiger partial charge in [-0.3, -0.25) is 4.79 Å². The fourth-order valence-corrected chi connectivity index (χ4v) is 3.47. The molecule has 0 fully saturated rings. The van der Waals surface area contributed by atoms with E-state index in [1.54, 1.807) is 0 Å². The third-order valence-electron chi connectivity index (χ3n) is 2.70. The summed E-state index contributed by atoms with van der Waals surface area (Å²) in [4.78, 5) is 23.5. The van der Waals surface area contributed by atoms with Gasteiger partial charge in [-0.05, 0) is 24.6 Å². The van der Waals surface area contributed by atoms with Crippen molar-refractivity contribution in [3.05, 3.63) is 28.3 Å². The average molecular weight is 320 g/mol. The number of benzene rings is 1. The highest BCUT2D eigenvalue weighted by Crippen LogP contribution is 2.25. The molecule has 0 saturated carbocycles. The Hall–Kier alpha value is -1.60. The quantitative estimate of drug-likeness (QED) is 0.900. The number of rotatable bonds is 4. The number of hydrogen-bond donors (Lipinski definition) is 1. The van der Waals surface area contributed by atoms with E-state index in [1.165, 1.54) is 27.1 Å². The molecular formula is C12H14ClNO5S. The van der Waals surface area contributed by atoms with Crippen LogP contribution in [-0.4, -0.2) is 50.1 Å². The molecule has 8 heteroatoms. The Labute approximate surface area is 121 Å². The van der Waals surface area contributed by atoms with E-state index in [1.807, 2.05) is 0 Å². The van der Waals surface area contributed by atoms with Crippen molar-refractivity contribution in [1.82, 2.24) is 4.90 Å². The minimum absolute atomic E-state index is 0.0103. The van der Waals surface area contributed by atoms with Gasteiger partial charge in [-0.15, -0.1) is 0 Å². The van der Waals surface area contributed by atoms with Crippen LogP contribution in [0, 0.1) is 6.92 Å². The highest BCUT2D eigenvalue weighted by molar-refractivity contribution is 7.92. The first-order valence-corrected chi connectivity index (χ1v) is 7.55. The summed E-state index contributed by atoms with van der Waals surface area (Å²) in [7, 11) is -1.08. The summed E-state index contributed by atoms with van der Waals surface area (Å²) in [5.41, 5.74) is -0.137. The van der Waals surface area contributed by atoms with Crippen LogP contribution >= 0.6 is 11.6 Å². The van der Waals surface area contributed by atoms with Gasteiger partial charge in [0.25, 0.3) is 0 Å². The average Bonchev–Trinajstić information content (AvgIpc) is 2.30. The van der Waals surface area contributed by atoms with Crippen molar-refractivity contribution in [1.29, 1.82) is 0 Å². The predicted molar refractivity (Wildman–Crippen MR) is 73.9 cm³/mol. The summed E-state index contributed by atoms with van der Waals surface area (Å²) in [6.45, 7) is 1.37. The lowest BCUT2D eigenvalue weighted by Crippen LogP contribution is -2.29. The van der Waals surface area contributed by atoms with Crippen molar-refractivity contribution < 1.29 is 23.1 Å². The largest absolute Gasteiger partial charge is 0.478 e. The molecule has 0 heterocycles. The summed E-state index contributed by atoms with van der Waals surface area (Å²) < 4.78 is 24.4. The second-order valence-corrected chi connectivity index (χ2v) is 6.82. The summed E-state index contributed by atoms with van der Waals surface area (Å²) in [5, 5.41) is 9.01. The molecule has 110 valence electrons. The SMILES string of the molecule is Cc1c(C(=O)O)cc(Cl)cc1S(=O)(=O)CC(=O)N(C)C. The number of carboxylic acid groups (broad SMARTS) is 1. The van der Waals surface area contributed by atoms with Gasteiger partial charge in [0.1, 0.15) is 5.75 Å². The number of carbonyl (C=O) groups excluding carboxylic acids is 1. The van der Waals surface area contributed by atoms with E-state index < -0.39 is 27.5 Å². The first-order chi connectivity index (χ1) is 9.06. The van der Waals surface area contributed by atoms with Crippen molar-refractivity contribution in [3.63, 3.8) is 0 Å². The van der Waals surface area contributed by atoms with Crippen LogP contribution in [-0.2, 0) is 14.6 Å². The standard InChI is InChI=1S/C12H14ClNO5S/c1-7-9(12(16)17)4-8(13)5-10(7)20(18,19)6-11(15)14(2)3/h4-5H,6H2,1-3H3,(H,16,17). The summed E-state index contributed by atoms with van der Waals surface area (Å²) in [6, 6.07) is 2.33. The molecule has 1 aromatic carbocycles. The van der Waals surface area contributed by atoms with Gasteiger partial charge in [0.15, 0.2) is 9.84 Å². The first kappa shape index (κ1) is 16.5. The number of amides is 1. The monoisotopic (exact) mass is 319 g/mol. The Morgan fingerprint density at radius 3 is 2.30 bits per heavy atom. The van der Waals surface area contributed by atoms with E-state index in [9.17, 15) is 18.0 Å². The van der Waals surface area contributed by atoms with Crippen molar-refractivity contribution in [2.75, 3.05) is 19.8 Å². The van der Waals surface area contributed by atoms with E-state index in [2.05, 4.69) is 0 Å². The topological polar surface area (TPSA) is 91.7 Å². The molecule has 0 saturated heterocycles. The lowest BCUT2D eigenvalue weighted by Gasteiger charge is -2.13. The summed E-state index contributed by atoms with van der Waals surface area (Å²) in [5.74, 6) is -2.61. The minimum Gasteiger partial charge on any atom is -0.478 e. The predicted octanol–water partition coefficient (Wildman–Crippen LogP) is 1.21. The molecule has 0 aromatic heterocycles. The van der Waals surface area contributed by atoms with E-state index in [4.69, 9.17) is 16.7 Å². The Morgan fingerprint density at radius 2 is 1.85 bits per heavy atom. The Bertz CT molecular complexity index is 667. The number of hydrogen-bond acceptors (Lipinski definition) is 4. The molecular weight excluding hydrogens is 306 g/mol. The van der Waals surface area contributed by atoms with Gasteiger partial charge in [0, 0.05) is 19.1 Å². The number of carbonyl (C=O) groups is 2. The first-order valence-electron chi connectivity index (χ1n) is 5.52. The fourth-order valence-electron chi connectivity index (χ4n) is 1.57. The van der Waals surface area contributed by atoms with Crippen LogP contribution in [0.15, 0.2) is 17.0 Å². The second-order valence-electron chi connectivity index (χ2n) is 4.43. The van der Waals surface area contributed by atoms with Crippen LogP contribution in [0.25, 0.3) is 0 Å². The zero-order valence-corrected chi connectivity index (χ0v) is 12.7. The fraction of sp³-hybridized carbons (Fsp3) is 0.333. The smallest absolute Gasteiger partial charge is 0.336 e. The van der Waals surface area contributed by atoms with E-state index in [-0.39, 0.29) is 21.0 Å². The molecule has 1 rings (SSSR count). The Balaban J connectivity index is 3.39. The number of aromatic carboxylic acids is 1. The molecule has 0 bridgehead atoms. The molecule has 6 nitrogen and oxygen atoms in total. The van der Waals surface area contributed by atoms with Crippen molar-refractivity contribution >= 4 is 33.3 Å². The highest BCUT2D eigenvalue weighted by Gasteiger charge is 2.25. The van der Waals surface area contributed by atoms with Crippen LogP contribution in [0.5, 0.6) is 0 Å². The lowest BCUT2D eigenvalue weighted by molar-refractivity contribution is -0.125. The molecule has 0 atom stereocenters. The van der Waals surface area contributed by atoms with E-state index >= 15 is 0 Å². The molecule has 0 radical (unpaired) electrons. The molecule has 0 spiro atoms. The summed E-state index contributed by atoms with van der Waals surface area (Å²) >= 11 is 5.75. The van der Waals surface area contributed by atoms with Crippen molar-refractivity contribution in [2.45, 2.75) is 11.8 Å². The van der Waals surface area contributed by atoms with Gasteiger partial charge >= 0.3 is 5.97 Å². The molecule has 0 aliphatic heterocycles. The van der Waals surface area contributed by atoms with Crippen molar-refractivity contribution in [3.8, 4) is 0 Å². The van der Waals surface area contributed by atoms with Gasteiger partial charge in [-0.1, -0.05) is 11.6 Å². The third-order valence-corrected chi connectivity index (χ3v) is 4.64. The van der Waals surface area contributed by atoms with Crippen LogP contribution < -0.4 is 0 Å². The van der Waals surface area contributed by atoms with Crippen LogP contribution in [0.1, 0.15) is 15.9 Å². The number of nitrogens with zero attached hydrogens (tertiary/aromatic N) is 1. The molecule has 0 aliphatic rings. The number of carboxylic acids is 1. The zero-order chi connectivity index (χ0) is 15.7. The zero-order valence-electron chi connectivity index (χ0n) is 11.2. The van der Waals surface area contributed by atoms with Gasteiger partial charge < -0.3 is 10.0 Å². The summed E-state index contributed by atoms with van der Waals surface area (Å²) in [6.07, 6.45) is 0. The Morgan fingerprint density at radius 1 is 1.30 bits per heavy atom. The Kier molecular flexibility index (Phi) is 4.77. The van der Waals surface area contributed by atoms with Gasteiger partial charge in [-0.2, -0.15) is 0 Å². The minimum atomic E-state index is -3.95. The number of halogens is 1. The van der Waals surface area contributed by atoms with Crippen LogP contribution in [0.4, 0.5) is 0 Å². The highest BCUT2D eigenvalue weighted by atomic mass is 35.5. The van der Waals surface area contributed by atoms with Gasteiger partial charge in [-0.25, -0.2) is 13.2 Å². The third kappa shape index (κ3) is 3.49. The second kappa shape index (κ2) is 5.80.